The predicted octanol–water partition coefficient (Wildman–Crippen LogP) is -0.635. The summed E-state index contributed by atoms with van der Waals surface area (Å²) in [4.78, 5) is 67.1. The van der Waals surface area contributed by atoms with E-state index in [0.29, 0.717) is 12.1 Å². The number of amides is 1. The third-order valence-electron chi connectivity index (χ3n) is 7.74. The van der Waals surface area contributed by atoms with Crippen LogP contribution in [0.15, 0.2) is 12.1 Å². The number of nitrogens with two attached hydrogens (primary N) is 1. The van der Waals surface area contributed by atoms with Crippen molar-refractivity contribution in [2.75, 3.05) is 14.1 Å². The maximum Gasteiger partial charge on any atom is 0.235 e. The molecule has 5 N–H and O–H groups in total. The molecule has 1 aromatic rings. The van der Waals surface area contributed by atoms with Gasteiger partial charge in [0.15, 0.2) is 34.7 Å². The van der Waals surface area contributed by atoms with Crippen LogP contribution >= 0.6 is 0 Å². The Morgan fingerprint density at radius 3 is 2.43 bits per heavy atom. The van der Waals surface area contributed by atoms with Crippen molar-refractivity contribution in [2.24, 2.45) is 29.4 Å². The molecule has 35 heavy (non-hydrogen) atoms. The number of carbonyl (C=O) groups is 5. The summed E-state index contributed by atoms with van der Waals surface area (Å²) >= 11 is 0. The van der Waals surface area contributed by atoms with Crippen molar-refractivity contribution in [1.29, 1.82) is 0 Å². The normalized spacial score (nSPS) is 32.5. The number of Topliss-reactive ketones (excluding diaryl/α,β-unsaturated/α-hetero) is 4. The molecule has 6 unspecified atom stereocenters. The number of ketones is 4. The second kappa shape index (κ2) is 8.61. The molecule has 0 saturated heterocycles. The molecule has 0 aliphatic heterocycles. The minimum absolute atomic E-state index is 0.0136. The largest absolute Gasteiger partial charge is 0.507 e. The Bertz CT molecular complexity index is 1140. The molecule has 0 radical (unpaired) electrons. The summed E-state index contributed by atoms with van der Waals surface area (Å²) in [6.07, 6.45) is 0.298. The summed E-state index contributed by atoms with van der Waals surface area (Å²) in [5, 5.41) is 25.4. The monoisotopic (exact) mass is 485 g/mol. The van der Waals surface area contributed by atoms with Crippen LogP contribution in [0.2, 0.25) is 0 Å². The van der Waals surface area contributed by atoms with Crippen LogP contribution in [0.5, 0.6) is 5.75 Å². The van der Waals surface area contributed by atoms with Crippen molar-refractivity contribution in [1.82, 2.24) is 10.2 Å². The van der Waals surface area contributed by atoms with Gasteiger partial charge in [-0.1, -0.05) is 19.9 Å². The van der Waals surface area contributed by atoms with Gasteiger partial charge in [-0.2, -0.15) is 0 Å². The van der Waals surface area contributed by atoms with E-state index in [1.807, 2.05) is 13.8 Å². The molecule has 10 heteroatoms. The zero-order valence-electron chi connectivity index (χ0n) is 20.2. The maximum atomic E-state index is 13.7. The molecule has 1 amide bonds. The second-order valence-electron chi connectivity index (χ2n) is 10.4. The smallest absolute Gasteiger partial charge is 0.235 e. The molecule has 0 heterocycles. The quantitative estimate of drug-likeness (QED) is 0.397. The summed E-state index contributed by atoms with van der Waals surface area (Å²) in [5.41, 5.74) is 4.05. The SMILES string of the molecule is CC(C)NCc1ccc(O)c2c1CC1CC3C(N(C)C)C(=O)C(C(N)=O)C(=O)C3(O)C(=O)C1C2=O. The van der Waals surface area contributed by atoms with Crippen molar-refractivity contribution >= 4 is 29.0 Å². The molecule has 0 aromatic heterocycles. The predicted molar refractivity (Wildman–Crippen MR) is 123 cm³/mol. The van der Waals surface area contributed by atoms with Crippen molar-refractivity contribution in [2.45, 2.75) is 50.9 Å². The average Bonchev–Trinajstić information content (AvgIpc) is 2.75. The first-order valence-corrected chi connectivity index (χ1v) is 11.7. The number of hydrogen-bond acceptors (Lipinski definition) is 9. The topological polar surface area (TPSA) is 167 Å². The lowest BCUT2D eigenvalue weighted by atomic mass is 9.52. The van der Waals surface area contributed by atoms with Gasteiger partial charge in [0.05, 0.1) is 17.5 Å². The van der Waals surface area contributed by atoms with Gasteiger partial charge in [0.25, 0.3) is 0 Å². The van der Waals surface area contributed by atoms with Crippen molar-refractivity contribution in [3.8, 4) is 5.75 Å². The van der Waals surface area contributed by atoms with E-state index >= 15 is 0 Å². The number of benzene rings is 1. The van der Waals surface area contributed by atoms with Gasteiger partial charge in [0.1, 0.15) is 5.75 Å². The van der Waals surface area contributed by atoms with Gasteiger partial charge >= 0.3 is 0 Å². The maximum absolute atomic E-state index is 13.7. The van der Waals surface area contributed by atoms with Crippen LogP contribution in [-0.2, 0) is 32.1 Å². The van der Waals surface area contributed by atoms with E-state index in [9.17, 15) is 34.2 Å². The second-order valence-corrected chi connectivity index (χ2v) is 10.4. The average molecular weight is 486 g/mol. The number of likely N-dealkylation sites (N-methyl/N-ethyl adjacent to an activating group) is 1. The third kappa shape index (κ3) is 3.62. The van der Waals surface area contributed by atoms with Gasteiger partial charge in [-0.15, -0.1) is 0 Å². The summed E-state index contributed by atoms with van der Waals surface area (Å²) in [7, 11) is 3.12. The molecular weight excluding hydrogens is 454 g/mol. The number of carbonyl (C=O) groups excluding carboxylic acids is 5. The lowest BCUT2D eigenvalue weighted by Crippen LogP contribution is -2.74. The van der Waals surface area contributed by atoms with E-state index in [1.54, 1.807) is 20.2 Å². The summed E-state index contributed by atoms with van der Waals surface area (Å²) in [5.74, 6) is -10.3. The Hall–Kier alpha value is -2.95. The Balaban J connectivity index is 1.83. The number of hydrogen-bond donors (Lipinski definition) is 4. The minimum Gasteiger partial charge on any atom is -0.507 e. The molecular formula is C25H31N3O7. The van der Waals surface area contributed by atoms with Crippen LogP contribution in [0, 0.1) is 23.7 Å². The molecule has 0 bridgehead atoms. The highest BCUT2D eigenvalue weighted by Crippen LogP contribution is 2.50. The van der Waals surface area contributed by atoms with E-state index in [0.717, 1.165) is 5.56 Å². The highest BCUT2D eigenvalue weighted by Gasteiger charge is 2.69. The lowest BCUT2D eigenvalue weighted by molar-refractivity contribution is -0.181. The van der Waals surface area contributed by atoms with Crippen molar-refractivity contribution in [3.05, 3.63) is 28.8 Å². The van der Waals surface area contributed by atoms with Crippen LogP contribution in [0.4, 0.5) is 0 Å². The zero-order valence-corrected chi connectivity index (χ0v) is 20.2. The first kappa shape index (κ1) is 25.2. The standard InChI is InChI=1S/C25H31N3O7/c1-10(2)27-9-11-5-6-15(29)17-13(11)7-12-8-14-19(28(3)4)21(31)18(24(26)34)23(33)25(14,35)22(32)16(12)20(17)30/h5-6,10,12,14,16,18-19,27,29,35H,7-9H2,1-4H3,(H2,26,34). The summed E-state index contributed by atoms with van der Waals surface area (Å²) in [6, 6.07) is 2.19. The lowest BCUT2D eigenvalue weighted by Gasteiger charge is -2.52. The number of fused-ring (bicyclic) bond motifs is 3. The Kier molecular flexibility index (Phi) is 6.19. The number of aromatic hydroxyl groups is 1. The first-order valence-electron chi connectivity index (χ1n) is 11.7. The number of aliphatic hydroxyl groups is 1. The van der Waals surface area contributed by atoms with Crippen LogP contribution in [-0.4, -0.2) is 75.9 Å². The molecule has 3 aliphatic rings. The molecule has 2 saturated carbocycles. The van der Waals surface area contributed by atoms with Crippen molar-refractivity contribution in [3.63, 3.8) is 0 Å². The van der Waals surface area contributed by atoms with Gasteiger partial charge in [-0.25, -0.2) is 0 Å². The van der Waals surface area contributed by atoms with Crippen LogP contribution in [0.3, 0.4) is 0 Å². The van der Waals surface area contributed by atoms with E-state index in [1.165, 1.54) is 11.0 Å². The zero-order chi connectivity index (χ0) is 26.0. The number of phenols is 1. The summed E-state index contributed by atoms with van der Waals surface area (Å²) in [6.45, 7) is 4.41. The van der Waals surface area contributed by atoms with Crippen molar-refractivity contribution < 1.29 is 34.2 Å². The molecule has 188 valence electrons. The molecule has 0 spiro atoms. The van der Waals surface area contributed by atoms with Gasteiger partial charge in [0, 0.05) is 18.5 Å². The fourth-order valence-electron chi connectivity index (χ4n) is 6.15. The van der Waals surface area contributed by atoms with Crippen LogP contribution in [0.1, 0.15) is 41.8 Å². The molecule has 4 rings (SSSR count). The van der Waals surface area contributed by atoms with E-state index < -0.39 is 64.4 Å². The molecule has 2 fully saturated rings. The van der Waals surface area contributed by atoms with Crippen LogP contribution in [0.25, 0.3) is 0 Å². The van der Waals surface area contributed by atoms with Gasteiger partial charge in [-0.3, -0.25) is 28.9 Å². The molecule has 6 atom stereocenters. The Morgan fingerprint density at radius 1 is 1.20 bits per heavy atom. The Morgan fingerprint density at radius 2 is 1.86 bits per heavy atom. The molecule has 10 nitrogen and oxygen atoms in total. The molecule has 1 aromatic carbocycles. The Labute approximate surface area is 202 Å². The highest BCUT2D eigenvalue weighted by atomic mass is 16.3. The van der Waals surface area contributed by atoms with E-state index in [4.69, 9.17) is 5.73 Å². The van der Waals surface area contributed by atoms with Gasteiger partial charge in [-0.05, 0) is 50.0 Å². The summed E-state index contributed by atoms with van der Waals surface area (Å²) < 4.78 is 0. The fourth-order valence-corrected chi connectivity index (χ4v) is 6.15. The number of primary amides is 1. The highest BCUT2D eigenvalue weighted by molar-refractivity contribution is 6.32. The number of phenolic OH excluding ortho intramolecular Hbond substituents is 1. The first-order chi connectivity index (χ1) is 16.3. The minimum atomic E-state index is -2.71. The van der Waals surface area contributed by atoms with Gasteiger partial charge in [0.2, 0.25) is 5.91 Å². The van der Waals surface area contributed by atoms with Crippen LogP contribution < -0.4 is 11.1 Å². The number of nitrogens with zero attached hydrogens (tertiary/aromatic N) is 1. The molecule has 3 aliphatic carbocycles. The van der Waals surface area contributed by atoms with Gasteiger partial charge < -0.3 is 21.3 Å². The van der Waals surface area contributed by atoms with E-state index in [-0.39, 0.29) is 30.2 Å². The number of nitrogens with one attached hydrogen (secondary N) is 1. The fraction of sp³-hybridized carbons (Fsp3) is 0.560. The number of rotatable bonds is 5. The van der Waals surface area contributed by atoms with E-state index in [2.05, 4.69) is 5.32 Å². The third-order valence-corrected chi connectivity index (χ3v) is 7.74.